The minimum Gasteiger partial charge on any atom is -0.369 e. The van der Waals surface area contributed by atoms with Gasteiger partial charge in [-0.2, -0.15) is 0 Å². The molecule has 1 rings (SSSR count). The number of rotatable bonds is 1. The van der Waals surface area contributed by atoms with Gasteiger partial charge in [0.15, 0.2) is 0 Å². The number of imidazole rings is 1. The minimum absolute atomic E-state index is 0.529. The molecule has 0 saturated heterocycles. The Morgan fingerprint density at radius 2 is 2.40 bits per heavy atom. The van der Waals surface area contributed by atoms with Gasteiger partial charge in [-0.25, -0.2) is 4.98 Å². The molecule has 0 saturated carbocycles. The van der Waals surface area contributed by atoms with Crippen molar-refractivity contribution < 1.29 is 0 Å². The number of nitrogens with two attached hydrogens (primary N) is 1. The van der Waals surface area contributed by atoms with Gasteiger partial charge < -0.3 is 5.73 Å². The van der Waals surface area contributed by atoms with E-state index in [2.05, 4.69) is 4.98 Å². The molecule has 1 aromatic rings. The third-order valence-corrected chi connectivity index (χ3v) is 1.10. The summed E-state index contributed by atoms with van der Waals surface area (Å²) in [7, 11) is 0. The van der Waals surface area contributed by atoms with Crippen LogP contribution in [0.25, 0.3) is 6.20 Å². The Hall–Kier alpha value is -1.25. The van der Waals surface area contributed by atoms with Gasteiger partial charge in [-0.15, -0.1) is 0 Å². The van der Waals surface area contributed by atoms with Crippen LogP contribution in [0.3, 0.4) is 0 Å². The number of allylic oxidation sites excluding steroid dienone is 1. The Balaban J connectivity index is 2.95. The number of hydrogen-bond acceptors (Lipinski definition) is 2. The molecular formula is C7H11N3. The predicted octanol–water partition coefficient (Wildman–Crippen LogP) is 1.35. The normalized spacial score (nSPS) is 9.40. The maximum atomic E-state index is 5.50. The molecule has 0 amide bonds. The first-order valence-electron chi connectivity index (χ1n) is 3.13. The molecule has 0 bridgehead atoms. The SMILES string of the molecule is CC(C)=Cn1ccnc1N. The van der Waals surface area contributed by atoms with Gasteiger partial charge in [0.05, 0.1) is 0 Å². The molecule has 0 fully saturated rings. The van der Waals surface area contributed by atoms with Crippen LogP contribution in [0.5, 0.6) is 0 Å². The highest BCUT2D eigenvalue weighted by atomic mass is 15.1. The van der Waals surface area contributed by atoms with E-state index in [1.165, 1.54) is 5.57 Å². The van der Waals surface area contributed by atoms with Gasteiger partial charge in [-0.05, 0) is 13.8 Å². The number of anilines is 1. The van der Waals surface area contributed by atoms with Crippen molar-refractivity contribution in [1.82, 2.24) is 9.55 Å². The van der Waals surface area contributed by atoms with E-state index in [1.54, 1.807) is 10.8 Å². The Labute approximate surface area is 60.2 Å². The Morgan fingerprint density at radius 3 is 2.80 bits per heavy atom. The highest BCUT2D eigenvalue weighted by Gasteiger charge is 1.90. The third-order valence-electron chi connectivity index (χ3n) is 1.10. The lowest BCUT2D eigenvalue weighted by Gasteiger charge is -1.95. The number of aromatic nitrogens is 2. The topological polar surface area (TPSA) is 43.8 Å². The van der Waals surface area contributed by atoms with Gasteiger partial charge in [0.1, 0.15) is 0 Å². The average Bonchev–Trinajstić information content (AvgIpc) is 2.15. The minimum atomic E-state index is 0.529. The van der Waals surface area contributed by atoms with Crippen molar-refractivity contribution in [2.75, 3.05) is 5.73 Å². The van der Waals surface area contributed by atoms with E-state index >= 15 is 0 Å². The maximum Gasteiger partial charge on any atom is 0.204 e. The van der Waals surface area contributed by atoms with E-state index < -0.39 is 0 Å². The van der Waals surface area contributed by atoms with Crippen molar-refractivity contribution in [3.05, 3.63) is 18.0 Å². The molecule has 0 aliphatic heterocycles. The Morgan fingerprint density at radius 1 is 1.70 bits per heavy atom. The van der Waals surface area contributed by atoms with Gasteiger partial charge in [-0.3, -0.25) is 4.57 Å². The quantitative estimate of drug-likeness (QED) is 0.634. The fourth-order valence-corrected chi connectivity index (χ4v) is 0.712. The van der Waals surface area contributed by atoms with Crippen molar-refractivity contribution >= 4 is 12.1 Å². The fraction of sp³-hybridized carbons (Fsp3) is 0.286. The van der Waals surface area contributed by atoms with Crippen molar-refractivity contribution in [2.24, 2.45) is 0 Å². The molecule has 3 heteroatoms. The summed E-state index contributed by atoms with van der Waals surface area (Å²) in [6.45, 7) is 4.03. The zero-order chi connectivity index (χ0) is 7.56. The van der Waals surface area contributed by atoms with Crippen molar-refractivity contribution in [2.45, 2.75) is 13.8 Å². The first-order chi connectivity index (χ1) is 4.70. The second-order valence-electron chi connectivity index (χ2n) is 2.40. The molecule has 0 aliphatic carbocycles. The molecule has 0 aromatic carbocycles. The van der Waals surface area contributed by atoms with E-state index in [-0.39, 0.29) is 0 Å². The van der Waals surface area contributed by atoms with E-state index in [4.69, 9.17) is 5.73 Å². The second-order valence-corrected chi connectivity index (χ2v) is 2.40. The Bertz CT molecular complexity index is 243. The van der Waals surface area contributed by atoms with Crippen LogP contribution in [0.2, 0.25) is 0 Å². The summed E-state index contributed by atoms with van der Waals surface area (Å²) in [5, 5.41) is 0. The van der Waals surface area contributed by atoms with Gasteiger partial charge in [0.2, 0.25) is 5.95 Å². The first-order valence-corrected chi connectivity index (χ1v) is 3.13. The predicted molar refractivity (Wildman–Crippen MR) is 42.3 cm³/mol. The highest BCUT2D eigenvalue weighted by molar-refractivity contribution is 5.36. The molecule has 2 N–H and O–H groups in total. The number of nitrogen functional groups attached to an aromatic ring is 1. The zero-order valence-electron chi connectivity index (χ0n) is 6.20. The Kier molecular flexibility index (Phi) is 1.76. The van der Waals surface area contributed by atoms with Gasteiger partial charge in [-0.1, -0.05) is 5.57 Å². The van der Waals surface area contributed by atoms with Crippen LogP contribution >= 0.6 is 0 Å². The molecule has 54 valence electrons. The second kappa shape index (κ2) is 2.56. The number of hydrogen-bond donors (Lipinski definition) is 1. The molecule has 0 spiro atoms. The molecule has 0 unspecified atom stereocenters. The van der Waals surface area contributed by atoms with Crippen LogP contribution in [-0.4, -0.2) is 9.55 Å². The van der Waals surface area contributed by atoms with Crippen LogP contribution in [-0.2, 0) is 0 Å². The summed E-state index contributed by atoms with van der Waals surface area (Å²) >= 11 is 0. The van der Waals surface area contributed by atoms with Crippen LogP contribution < -0.4 is 5.73 Å². The molecular weight excluding hydrogens is 126 g/mol. The molecule has 0 aliphatic rings. The van der Waals surface area contributed by atoms with Crippen LogP contribution in [0, 0.1) is 0 Å². The summed E-state index contributed by atoms with van der Waals surface area (Å²) in [5.41, 5.74) is 6.69. The van der Waals surface area contributed by atoms with E-state index in [0.29, 0.717) is 5.95 Å². The molecule has 0 radical (unpaired) electrons. The monoisotopic (exact) mass is 137 g/mol. The maximum absolute atomic E-state index is 5.50. The lowest BCUT2D eigenvalue weighted by Crippen LogP contribution is -1.94. The summed E-state index contributed by atoms with van der Waals surface area (Å²) in [5.74, 6) is 0.529. The van der Waals surface area contributed by atoms with E-state index in [0.717, 1.165) is 0 Å². The molecule has 3 nitrogen and oxygen atoms in total. The van der Waals surface area contributed by atoms with Crippen molar-refractivity contribution in [3.8, 4) is 0 Å². The van der Waals surface area contributed by atoms with Gasteiger partial charge in [0.25, 0.3) is 0 Å². The molecule has 0 atom stereocenters. The van der Waals surface area contributed by atoms with E-state index in [1.807, 2.05) is 26.2 Å². The molecule has 1 aromatic heterocycles. The standard InChI is InChI=1S/C7H11N3/c1-6(2)5-10-4-3-9-7(10)8/h3-5H,1-2H3,(H2,8,9). The molecule has 10 heavy (non-hydrogen) atoms. The van der Waals surface area contributed by atoms with Gasteiger partial charge >= 0.3 is 0 Å². The third kappa shape index (κ3) is 1.37. The number of nitrogens with zero attached hydrogens (tertiary/aromatic N) is 2. The summed E-state index contributed by atoms with van der Waals surface area (Å²) in [4.78, 5) is 3.87. The molecule has 1 heterocycles. The van der Waals surface area contributed by atoms with E-state index in [9.17, 15) is 0 Å². The largest absolute Gasteiger partial charge is 0.369 e. The smallest absolute Gasteiger partial charge is 0.204 e. The summed E-state index contributed by atoms with van der Waals surface area (Å²) in [6, 6.07) is 0. The van der Waals surface area contributed by atoms with Crippen LogP contribution in [0.1, 0.15) is 13.8 Å². The lowest BCUT2D eigenvalue weighted by molar-refractivity contribution is 1.13. The van der Waals surface area contributed by atoms with Crippen molar-refractivity contribution in [1.29, 1.82) is 0 Å². The van der Waals surface area contributed by atoms with Crippen molar-refractivity contribution in [3.63, 3.8) is 0 Å². The highest BCUT2D eigenvalue weighted by Crippen LogP contribution is 2.01. The van der Waals surface area contributed by atoms with Crippen LogP contribution in [0.4, 0.5) is 5.95 Å². The van der Waals surface area contributed by atoms with Crippen LogP contribution in [0.15, 0.2) is 18.0 Å². The summed E-state index contributed by atoms with van der Waals surface area (Å²) in [6.07, 6.45) is 5.43. The van der Waals surface area contributed by atoms with Gasteiger partial charge in [0, 0.05) is 18.6 Å². The summed E-state index contributed by atoms with van der Waals surface area (Å²) < 4.78 is 1.79. The average molecular weight is 137 g/mol. The lowest BCUT2D eigenvalue weighted by atomic mass is 10.4. The first kappa shape index (κ1) is 6.86. The fourth-order valence-electron chi connectivity index (χ4n) is 0.712. The zero-order valence-corrected chi connectivity index (χ0v) is 6.20.